The van der Waals surface area contributed by atoms with Crippen LogP contribution in [0.5, 0.6) is 5.75 Å². The van der Waals surface area contributed by atoms with Crippen LogP contribution < -0.4 is 0 Å². The van der Waals surface area contributed by atoms with E-state index in [9.17, 15) is 5.11 Å². The van der Waals surface area contributed by atoms with Gasteiger partial charge in [0, 0.05) is 0 Å². The molecule has 92 valence electrons. The molecule has 0 spiro atoms. The number of hydrogen-bond acceptors (Lipinski definition) is 1. The van der Waals surface area contributed by atoms with Gasteiger partial charge in [-0.15, -0.1) is 5.54 Å². The van der Waals surface area contributed by atoms with Crippen molar-refractivity contribution >= 4 is 8.07 Å². The Hall–Kier alpha value is -1.20. The number of hydrogen-bond donors (Lipinski definition) is 1. The number of phenols is 1. The number of para-hydroxylation sites is 1. The fourth-order valence-electron chi connectivity index (χ4n) is 1.97. The molecule has 2 heteroatoms. The third-order valence-corrected chi connectivity index (χ3v) is 8.45. The highest BCUT2D eigenvalue weighted by atomic mass is 28.3. The van der Waals surface area contributed by atoms with Gasteiger partial charge in [0.25, 0.3) is 0 Å². The summed E-state index contributed by atoms with van der Waals surface area (Å²) in [7, 11) is -1.41. The van der Waals surface area contributed by atoms with Crippen LogP contribution in [0.4, 0.5) is 0 Å². The van der Waals surface area contributed by atoms with Gasteiger partial charge in [0.05, 0.1) is 5.56 Å². The topological polar surface area (TPSA) is 20.2 Å². The second kappa shape index (κ2) is 5.93. The standard InChI is InChI=1S/C15H22OSi/c1-5-17(6-2,7-3)12-11-14-10-8-9-13(4)15(14)16/h8-10,16H,5-7H2,1-4H3. The summed E-state index contributed by atoms with van der Waals surface area (Å²) in [5, 5.41) is 9.93. The first kappa shape index (κ1) is 13.9. The zero-order valence-electron chi connectivity index (χ0n) is 11.3. The predicted molar refractivity (Wildman–Crippen MR) is 76.9 cm³/mol. The molecule has 0 unspecified atom stereocenters. The van der Waals surface area contributed by atoms with Gasteiger partial charge in [-0.3, -0.25) is 0 Å². The van der Waals surface area contributed by atoms with Gasteiger partial charge in [-0.25, -0.2) is 0 Å². The molecule has 0 amide bonds. The van der Waals surface area contributed by atoms with E-state index in [1.807, 2.05) is 25.1 Å². The van der Waals surface area contributed by atoms with E-state index in [1.54, 1.807) is 0 Å². The fraction of sp³-hybridized carbons (Fsp3) is 0.467. The van der Waals surface area contributed by atoms with Crippen LogP contribution >= 0.6 is 0 Å². The number of rotatable bonds is 3. The summed E-state index contributed by atoms with van der Waals surface area (Å²) in [6.45, 7) is 8.63. The second-order valence-corrected chi connectivity index (χ2v) is 9.49. The highest BCUT2D eigenvalue weighted by Crippen LogP contribution is 2.22. The Kier molecular flexibility index (Phi) is 4.83. The third-order valence-electron chi connectivity index (χ3n) is 3.73. The molecule has 17 heavy (non-hydrogen) atoms. The molecule has 1 rings (SSSR count). The van der Waals surface area contributed by atoms with Crippen molar-refractivity contribution in [1.29, 1.82) is 0 Å². The molecule has 0 aliphatic rings. The first-order valence-electron chi connectivity index (χ1n) is 6.40. The van der Waals surface area contributed by atoms with Crippen LogP contribution in [0, 0.1) is 18.4 Å². The van der Waals surface area contributed by atoms with E-state index in [0.29, 0.717) is 5.75 Å². The van der Waals surface area contributed by atoms with Gasteiger partial charge < -0.3 is 5.11 Å². The van der Waals surface area contributed by atoms with Crippen molar-refractivity contribution in [3.05, 3.63) is 29.3 Å². The van der Waals surface area contributed by atoms with E-state index in [-0.39, 0.29) is 0 Å². The lowest BCUT2D eigenvalue weighted by Gasteiger charge is -2.20. The Morgan fingerprint density at radius 3 is 2.24 bits per heavy atom. The maximum atomic E-state index is 9.93. The molecule has 0 atom stereocenters. The van der Waals surface area contributed by atoms with Gasteiger partial charge in [-0.2, -0.15) is 0 Å². The average Bonchev–Trinajstić information content (AvgIpc) is 2.36. The summed E-state index contributed by atoms with van der Waals surface area (Å²) >= 11 is 0. The van der Waals surface area contributed by atoms with Crippen LogP contribution in [-0.4, -0.2) is 13.2 Å². The maximum absolute atomic E-state index is 9.93. The lowest BCUT2D eigenvalue weighted by Crippen LogP contribution is -2.29. The van der Waals surface area contributed by atoms with E-state index in [4.69, 9.17) is 0 Å². The minimum absolute atomic E-state index is 0.339. The number of aryl methyl sites for hydroxylation is 1. The molecule has 0 radical (unpaired) electrons. The molecule has 1 nitrogen and oxygen atoms in total. The molecule has 0 aromatic heterocycles. The molecule has 0 saturated carbocycles. The van der Waals surface area contributed by atoms with Crippen LogP contribution in [0.25, 0.3) is 0 Å². The van der Waals surface area contributed by atoms with E-state index in [1.165, 1.54) is 18.1 Å². The normalized spacial score (nSPS) is 10.8. The summed E-state index contributed by atoms with van der Waals surface area (Å²) < 4.78 is 0. The zero-order valence-corrected chi connectivity index (χ0v) is 12.3. The van der Waals surface area contributed by atoms with Crippen molar-refractivity contribution in [2.75, 3.05) is 0 Å². The molecular weight excluding hydrogens is 224 g/mol. The van der Waals surface area contributed by atoms with E-state index < -0.39 is 8.07 Å². The molecule has 0 fully saturated rings. The lowest BCUT2D eigenvalue weighted by molar-refractivity contribution is 0.469. The van der Waals surface area contributed by atoms with E-state index in [0.717, 1.165) is 11.1 Å². The summed E-state index contributed by atoms with van der Waals surface area (Å²) in [6.07, 6.45) is 0. The summed E-state index contributed by atoms with van der Waals surface area (Å²) in [5.41, 5.74) is 5.17. The van der Waals surface area contributed by atoms with Crippen LogP contribution in [0.15, 0.2) is 18.2 Å². The number of aromatic hydroxyl groups is 1. The fourth-order valence-corrected chi connectivity index (χ4v) is 4.41. The van der Waals surface area contributed by atoms with Crippen LogP contribution in [0.2, 0.25) is 18.1 Å². The monoisotopic (exact) mass is 246 g/mol. The van der Waals surface area contributed by atoms with Crippen LogP contribution in [-0.2, 0) is 0 Å². The Balaban J connectivity index is 3.09. The van der Waals surface area contributed by atoms with Crippen molar-refractivity contribution in [3.63, 3.8) is 0 Å². The van der Waals surface area contributed by atoms with Gasteiger partial charge >= 0.3 is 0 Å². The molecule has 1 aromatic rings. The van der Waals surface area contributed by atoms with Crippen LogP contribution in [0.1, 0.15) is 31.9 Å². The lowest BCUT2D eigenvalue weighted by atomic mass is 10.1. The van der Waals surface area contributed by atoms with Crippen LogP contribution in [0.3, 0.4) is 0 Å². The second-order valence-electron chi connectivity index (χ2n) is 4.56. The van der Waals surface area contributed by atoms with Gasteiger partial charge in [0.1, 0.15) is 13.8 Å². The van der Waals surface area contributed by atoms with Crippen molar-refractivity contribution < 1.29 is 5.11 Å². The molecule has 0 aliphatic heterocycles. The average molecular weight is 246 g/mol. The summed E-state index contributed by atoms with van der Waals surface area (Å²) in [5.74, 6) is 3.55. The highest BCUT2D eigenvalue weighted by molar-refractivity contribution is 6.87. The smallest absolute Gasteiger partial charge is 0.138 e. The van der Waals surface area contributed by atoms with Crippen molar-refractivity contribution in [3.8, 4) is 17.2 Å². The molecule has 0 heterocycles. The molecule has 0 saturated heterocycles. The summed E-state index contributed by atoms with van der Waals surface area (Å²) in [4.78, 5) is 0. The Morgan fingerprint density at radius 1 is 1.12 bits per heavy atom. The SMILES string of the molecule is CC[Si](C#Cc1cccc(C)c1O)(CC)CC. The number of phenolic OH excluding ortho intramolecular Hbond substituents is 1. The Morgan fingerprint density at radius 2 is 1.71 bits per heavy atom. The highest BCUT2D eigenvalue weighted by Gasteiger charge is 2.24. The van der Waals surface area contributed by atoms with Crippen molar-refractivity contribution in [2.24, 2.45) is 0 Å². The first-order valence-corrected chi connectivity index (χ1v) is 9.02. The maximum Gasteiger partial charge on any atom is 0.138 e. The third kappa shape index (κ3) is 3.14. The van der Waals surface area contributed by atoms with Crippen molar-refractivity contribution in [2.45, 2.75) is 45.8 Å². The van der Waals surface area contributed by atoms with Gasteiger partial charge in [-0.05, 0) is 36.7 Å². The largest absolute Gasteiger partial charge is 0.506 e. The zero-order chi connectivity index (χ0) is 12.9. The molecule has 0 bridgehead atoms. The summed E-state index contributed by atoms with van der Waals surface area (Å²) in [6, 6.07) is 9.34. The molecule has 1 aromatic carbocycles. The first-order chi connectivity index (χ1) is 8.08. The predicted octanol–water partition coefficient (Wildman–Crippen LogP) is 4.10. The quantitative estimate of drug-likeness (QED) is 0.629. The van der Waals surface area contributed by atoms with Gasteiger partial charge in [0.15, 0.2) is 0 Å². The molecule has 0 aliphatic carbocycles. The Bertz CT molecular complexity index is 428. The minimum atomic E-state index is -1.41. The minimum Gasteiger partial charge on any atom is -0.506 e. The van der Waals surface area contributed by atoms with Crippen molar-refractivity contribution in [1.82, 2.24) is 0 Å². The van der Waals surface area contributed by atoms with E-state index in [2.05, 4.69) is 32.2 Å². The Labute approximate surface area is 106 Å². The molecular formula is C15H22OSi. The van der Waals surface area contributed by atoms with E-state index >= 15 is 0 Å². The number of benzene rings is 1. The molecule has 1 N–H and O–H groups in total. The van der Waals surface area contributed by atoms with Gasteiger partial charge in [-0.1, -0.05) is 38.8 Å². The van der Waals surface area contributed by atoms with Gasteiger partial charge in [0.2, 0.25) is 0 Å².